The molecule has 1 amide bonds. The Hall–Kier alpha value is -2.90. The van der Waals surface area contributed by atoms with Gasteiger partial charge in [-0.2, -0.15) is 0 Å². The number of fused-ring (bicyclic) bond motifs is 2. The average molecular weight is 410 g/mol. The summed E-state index contributed by atoms with van der Waals surface area (Å²) in [5, 5.41) is 9.32. The van der Waals surface area contributed by atoms with E-state index in [-0.39, 0.29) is 5.91 Å². The number of rotatable bonds is 5. The summed E-state index contributed by atoms with van der Waals surface area (Å²) in [4.78, 5) is 19.5. The number of carbonyl (C=O) groups is 1. The lowest BCUT2D eigenvalue weighted by Gasteiger charge is -2.17. The Morgan fingerprint density at radius 1 is 1.14 bits per heavy atom. The smallest absolute Gasteiger partial charge is 0.231 e. The zero-order chi connectivity index (χ0) is 19.1. The number of hydrogen-bond donors (Lipinski definition) is 1. The Balaban J connectivity index is 1.26. The van der Waals surface area contributed by atoms with Crippen LogP contribution in [0, 0.1) is 0 Å². The van der Waals surface area contributed by atoms with Crippen LogP contribution in [0.25, 0.3) is 16.2 Å². The maximum Gasteiger partial charge on any atom is 0.231 e. The average Bonchev–Trinajstić information content (AvgIpc) is 3.34. The molecule has 28 heavy (non-hydrogen) atoms. The first kappa shape index (κ1) is 17.2. The first-order chi connectivity index (χ1) is 13.7. The minimum atomic E-state index is 0.143. The van der Waals surface area contributed by atoms with Crippen molar-refractivity contribution in [1.29, 1.82) is 0 Å². The highest BCUT2D eigenvalue weighted by atomic mass is 35.5. The molecule has 4 aromatic rings. The van der Waals surface area contributed by atoms with Gasteiger partial charge in [0.1, 0.15) is 0 Å². The summed E-state index contributed by atoms with van der Waals surface area (Å²) in [5.74, 6) is 0.143. The Labute approximate surface area is 170 Å². The van der Waals surface area contributed by atoms with Gasteiger partial charge >= 0.3 is 0 Å². The molecule has 0 saturated carbocycles. The van der Waals surface area contributed by atoms with Gasteiger partial charge in [-0.3, -0.25) is 4.79 Å². The van der Waals surface area contributed by atoms with Crippen LogP contribution in [0.1, 0.15) is 5.56 Å². The van der Waals surface area contributed by atoms with E-state index in [1.807, 2.05) is 59.6 Å². The number of amides is 1. The van der Waals surface area contributed by atoms with Gasteiger partial charge in [-0.15, -0.1) is 5.10 Å². The van der Waals surface area contributed by atoms with Crippen molar-refractivity contribution in [2.75, 3.05) is 23.3 Å². The monoisotopic (exact) mass is 409 g/mol. The molecular formula is C20H16ClN5OS. The van der Waals surface area contributed by atoms with Crippen molar-refractivity contribution in [2.45, 2.75) is 6.42 Å². The molecular weight excluding hydrogens is 394 g/mol. The van der Waals surface area contributed by atoms with E-state index in [4.69, 9.17) is 11.6 Å². The van der Waals surface area contributed by atoms with Crippen molar-refractivity contribution in [3.05, 3.63) is 65.3 Å². The molecule has 2 aromatic carbocycles. The minimum Gasteiger partial charge on any atom is -0.358 e. The third-order valence-corrected chi connectivity index (χ3v) is 5.85. The van der Waals surface area contributed by atoms with Crippen molar-refractivity contribution in [3.63, 3.8) is 0 Å². The predicted octanol–water partition coefficient (Wildman–Crippen LogP) is 4.11. The SMILES string of the molecule is O=C1Cc2ccccc2N1CCNc1nn2cc(-c3ccc(Cl)cc3)nc2s1. The van der Waals surface area contributed by atoms with Crippen LogP contribution in [0.15, 0.2) is 54.7 Å². The van der Waals surface area contributed by atoms with Crippen LogP contribution in [0.3, 0.4) is 0 Å². The van der Waals surface area contributed by atoms with Crippen LogP contribution >= 0.6 is 22.9 Å². The Bertz CT molecular complexity index is 1140. The summed E-state index contributed by atoms with van der Waals surface area (Å²) in [6.45, 7) is 1.23. The molecule has 3 heterocycles. The van der Waals surface area contributed by atoms with Gasteiger partial charge in [-0.1, -0.05) is 53.3 Å². The summed E-state index contributed by atoms with van der Waals surface area (Å²) in [5.41, 5.74) is 3.97. The largest absolute Gasteiger partial charge is 0.358 e. The lowest BCUT2D eigenvalue weighted by atomic mass is 10.2. The third kappa shape index (κ3) is 3.12. The number of para-hydroxylation sites is 1. The number of nitrogens with one attached hydrogen (secondary N) is 1. The van der Waals surface area contributed by atoms with Gasteiger partial charge in [0, 0.05) is 29.4 Å². The van der Waals surface area contributed by atoms with Gasteiger partial charge in [0.05, 0.1) is 18.3 Å². The second-order valence-electron chi connectivity index (χ2n) is 6.55. The Morgan fingerprint density at radius 2 is 1.96 bits per heavy atom. The minimum absolute atomic E-state index is 0.143. The fourth-order valence-corrected chi connectivity index (χ4v) is 4.30. The quantitative estimate of drug-likeness (QED) is 0.538. The molecule has 0 atom stereocenters. The van der Waals surface area contributed by atoms with E-state index in [2.05, 4.69) is 15.4 Å². The number of nitrogens with zero attached hydrogens (tertiary/aromatic N) is 4. The number of benzene rings is 2. The summed E-state index contributed by atoms with van der Waals surface area (Å²) in [6.07, 6.45) is 2.38. The molecule has 1 aliphatic heterocycles. The summed E-state index contributed by atoms with van der Waals surface area (Å²) in [7, 11) is 0. The lowest BCUT2D eigenvalue weighted by molar-refractivity contribution is -0.117. The van der Waals surface area contributed by atoms with E-state index < -0.39 is 0 Å². The van der Waals surface area contributed by atoms with Crippen LogP contribution in [0.5, 0.6) is 0 Å². The van der Waals surface area contributed by atoms with E-state index in [1.54, 1.807) is 4.52 Å². The van der Waals surface area contributed by atoms with Crippen LogP contribution in [-0.4, -0.2) is 33.6 Å². The fourth-order valence-electron chi connectivity index (χ4n) is 3.37. The summed E-state index contributed by atoms with van der Waals surface area (Å²) in [6, 6.07) is 15.5. The lowest BCUT2D eigenvalue weighted by Crippen LogP contribution is -2.31. The normalized spacial score (nSPS) is 13.3. The highest BCUT2D eigenvalue weighted by molar-refractivity contribution is 7.20. The van der Waals surface area contributed by atoms with E-state index >= 15 is 0 Å². The van der Waals surface area contributed by atoms with Crippen molar-refractivity contribution in [2.24, 2.45) is 0 Å². The van der Waals surface area contributed by atoms with E-state index in [1.165, 1.54) is 11.3 Å². The van der Waals surface area contributed by atoms with Crippen LogP contribution in [-0.2, 0) is 11.2 Å². The number of halogens is 1. The summed E-state index contributed by atoms with van der Waals surface area (Å²) < 4.78 is 1.77. The fraction of sp³-hybridized carbons (Fsp3) is 0.150. The Morgan fingerprint density at radius 3 is 2.79 bits per heavy atom. The molecule has 8 heteroatoms. The molecule has 0 saturated heterocycles. The maximum atomic E-state index is 12.2. The van der Waals surface area contributed by atoms with Gasteiger partial charge in [0.25, 0.3) is 0 Å². The molecule has 5 rings (SSSR count). The number of carbonyl (C=O) groups excluding carboxylic acids is 1. The predicted molar refractivity (Wildman–Crippen MR) is 112 cm³/mol. The molecule has 6 nitrogen and oxygen atoms in total. The molecule has 0 aliphatic carbocycles. The highest BCUT2D eigenvalue weighted by Crippen LogP contribution is 2.28. The molecule has 0 radical (unpaired) electrons. The van der Waals surface area contributed by atoms with Crippen molar-refractivity contribution in [1.82, 2.24) is 14.6 Å². The van der Waals surface area contributed by atoms with Crippen LogP contribution in [0.2, 0.25) is 5.02 Å². The van der Waals surface area contributed by atoms with E-state index in [0.29, 0.717) is 24.5 Å². The number of hydrogen-bond acceptors (Lipinski definition) is 5. The van der Waals surface area contributed by atoms with Gasteiger partial charge in [-0.05, 0) is 23.8 Å². The van der Waals surface area contributed by atoms with Gasteiger partial charge < -0.3 is 10.2 Å². The molecule has 0 fully saturated rings. The molecule has 0 unspecified atom stereocenters. The van der Waals surface area contributed by atoms with E-state index in [9.17, 15) is 4.79 Å². The topological polar surface area (TPSA) is 62.5 Å². The van der Waals surface area contributed by atoms with Crippen LogP contribution in [0.4, 0.5) is 10.8 Å². The molecule has 2 aromatic heterocycles. The molecule has 0 bridgehead atoms. The van der Waals surface area contributed by atoms with Gasteiger partial charge in [0.2, 0.25) is 16.0 Å². The summed E-state index contributed by atoms with van der Waals surface area (Å²) >= 11 is 7.43. The second kappa shape index (κ2) is 6.92. The highest BCUT2D eigenvalue weighted by Gasteiger charge is 2.26. The molecule has 140 valence electrons. The Kier molecular flexibility index (Phi) is 4.26. The standard InChI is InChI=1S/C20H16ClN5OS/c21-15-7-5-13(6-8-15)16-12-26-20(23-16)28-19(24-26)22-9-10-25-17-4-2-1-3-14(17)11-18(25)27/h1-8,12H,9-11H2,(H,22,24). The number of imidazole rings is 1. The zero-order valence-electron chi connectivity index (χ0n) is 14.8. The third-order valence-electron chi connectivity index (χ3n) is 4.72. The molecule has 0 spiro atoms. The second-order valence-corrected chi connectivity index (χ2v) is 7.94. The molecule has 1 aliphatic rings. The van der Waals surface area contributed by atoms with E-state index in [0.717, 1.165) is 32.6 Å². The van der Waals surface area contributed by atoms with Crippen LogP contribution < -0.4 is 10.2 Å². The van der Waals surface area contributed by atoms with Gasteiger partial charge in [-0.25, -0.2) is 9.50 Å². The zero-order valence-corrected chi connectivity index (χ0v) is 16.4. The van der Waals surface area contributed by atoms with Gasteiger partial charge in [0.15, 0.2) is 0 Å². The number of anilines is 2. The van der Waals surface area contributed by atoms with Crippen molar-refractivity contribution < 1.29 is 4.79 Å². The first-order valence-corrected chi connectivity index (χ1v) is 10.1. The van der Waals surface area contributed by atoms with Crippen molar-refractivity contribution in [3.8, 4) is 11.3 Å². The molecule has 1 N–H and O–H groups in total. The first-order valence-electron chi connectivity index (χ1n) is 8.92. The number of aromatic nitrogens is 3. The van der Waals surface area contributed by atoms with Crippen molar-refractivity contribution >= 4 is 44.6 Å². The maximum absolute atomic E-state index is 12.2.